The van der Waals surface area contributed by atoms with E-state index in [0.29, 0.717) is 39.6 Å². The van der Waals surface area contributed by atoms with Crippen molar-refractivity contribution in [2.24, 2.45) is 0 Å². The predicted octanol–water partition coefficient (Wildman–Crippen LogP) is 11.5. The van der Waals surface area contributed by atoms with Crippen LogP contribution < -0.4 is 0 Å². The second kappa shape index (κ2) is 11.4. The molecule has 10 aromatic rings. The molecular weight excluding hydrogens is 613 g/mol. The van der Waals surface area contributed by atoms with Gasteiger partial charge >= 0.3 is 0 Å². The highest BCUT2D eigenvalue weighted by atomic mass is 16.3. The van der Waals surface area contributed by atoms with Crippen LogP contribution in [0, 0.1) is 0 Å². The van der Waals surface area contributed by atoms with Crippen LogP contribution in [0.4, 0.5) is 0 Å². The molecule has 5 nitrogen and oxygen atoms in total. The fourth-order valence-corrected chi connectivity index (χ4v) is 6.55. The number of fused-ring (bicyclic) bond motifs is 6. The molecule has 0 aliphatic heterocycles. The van der Waals surface area contributed by atoms with Crippen LogP contribution in [0.15, 0.2) is 174 Å². The molecule has 7 aromatic carbocycles. The van der Waals surface area contributed by atoms with Crippen molar-refractivity contribution in [2.75, 3.05) is 0 Å². The number of rotatable bonds is 5. The summed E-state index contributed by atoms with van der Waals surface area (Å²) in [4.78, 5) is 14.5. The second-order valence-corrected chi connectivity index (χ2v) is 11.9. The third-order valence-corrected chi connectivity index (χ3v) is 8.92. The van der Waals surface area contributed by atoms with Gasteiger partial charge in [0.1, 0.15) is 5.58 Å². The topological polar surface area (TPSA) is 56.7 Å². The molecule has 0 amide bonds. The molecule has 0 unspecified atom stereocenters. The monoisotopic (exact) mass is 647 g/mol. The normalized spacial score (nSPS) is 13.6. The SMILES string of the molecule is [2H]c1c([2H])c([2H])c2c(c1[2H])c1c([2H])c(-c3nc(-c4ccccc4)nc(-c4ccc(-c5ccccc5)cc4)n3)c([2H])c([2H])c1n2-c1cccc2c1oc1ccccc12. The summed E-state index contributed by atoms with van der Waals surface area (Å²) in [6, 6.07) is 37.4. The molecular formula is C45H28N4O. The molecule has 0 radical (unpaired) electrons. The van der Waals surface area contributed by atoms with Crippen molar-refractivity contribution in [1.82, 2.24) is 19.5 Å². The Kier molecular flexibility index (Phi) is 4.99. The zero-order valence-corrected chi connectivity index (χ0v) is 26.3. The quantitative estimate of drug-likeness (QED) is 0.186. The van der Waals surface area contributed by atoms with Crippen molar-refractivity contribution < 1.29 is 14.0 Å². The Balaban J connectivity index is 1.28. The summed E-state index contributed by atoms with van der Waals surface area (Å²) in [5, 5.41) is 1.72. The number of para-hydroxylation sites is 3. The van der Waals surface area contributed by atoms with E-state index in [4.69, 9.17) is 24.9 Å². The molecule has 50 heavy (non-hydrogen) atoms. The minimum absolute atomic E-state index is 0.0162. The van der Waals surface area contributed by atoms with Crippen LogP contribution in [0.2, 0.25) is 0 Å². The summed E-state index contributed by atoms with van der Waals surface area (Å²) in [5.41, 5.74) is 4.91. The fraction of sp³-hybridized carbons (Fsp3) is 0. The van der Waals surface area contributed by atoms with E-state index in [1.807, 2.05) is 121 Å². The first-order valence-electron chi connectivity index (χ1n) is 19.6. The van der Waals surface area contributed by atoms with Crippen molar-refractivity contribution in [1.29, 1.82) is 0 Å². The van der Waals surface area contributed by atoms with Crippen molar-refractivity contribution in [2.45, 2.75) is 0 Å². The van der Waals surface area contributed by atoms with Crippen LogP contribution in [0.1, 0.15) is 9.60 Å². The first-order chi connectivity index (χ1) is 27.7. The molecule has 0 saturated carbocycles. The minimum Gasteiger partial charge on any atom is -0.454 e. The summed E-state index contributed by atoms with van der Waals surface area (Å²) >= 11 is 0. The number of aromatic nitrogens is 4. The first-order valence-corrected chi connectivity index (χ1v) is 16.1. The van der Waals surface area contributed by atoms with E-state index in [1.54, 1.807) is 6.07 Å². The Morgan fingerprint density at radius 1 is 0.440 bits per heavy atom. The third kappa shape index (κ3) is 4.60. The van der Waals surface area contributed by atoms with Crippen LogP contribution in [0.25, 0.3) is 94.7 Å². The average molecular weight is 648 g/mol. The molecule has 5 heteroatoms. The summed E-state index contributed by atoms with van der Waals surface area (Å²) in [7, 11) is 0. The van der Waals surface area contributed by atoms with E-state index < -0.39 is 12.1 Å². The van der Waals surface area contributed by atoms with Crippen molar-refractivity contribution in [3.63, 3.8) is 0 Å². The maximum absolute atomic E-state index is 9.79. The van der Waals surface area contributed by atoms with Gasteiger partial charge in [0.15, 0.2) is 23.1 Å². The molecule has 0 N–H and O–H groups in total. The van der Waals surface area contributed by atoms with Crippen LogP contribution in [-0.4, -0.2) is 19.5 Å². The zero-order chi connectivity index (χ0) is 39.1. The third-order valence-electron chi connectivity index (χ3n) is 8.92. The van der Waals surface area contributed by atoms with Gasteiger partial charge in [0.25, 0.3) is 0 Å². The van der Waals surface area contributed by atoms with Gasteiger partial charge in [-0.25, -0.2) is 15.0 Å². The Morgan fingerprint density at radius 3 is 1.80 bits per heavy atom. The van der Waals surface area contributed by atoms with Crippen molar-refractivity contribution in [3.05, 3.63) is 170 Å². The standard InChI is InChI=1S/C45H28N4O/c1-3-12-29(13-4-1)30-22-24-32(25-23-30)44-46-43(31-14-5-2-6-15-31)47-45(48-44)33-26-27-39-37(28-33)34-16-7-9-19-38(34)49(39)40-20-11-18-36-35-17-8-10-21-41(35)50-42(36)40/h1-28H/i7D,9D,16D,19D,26D,27D,28D. The lowest BCUT2D eigenvalue weighted by atomic mass is 10.0. The molecule has 10 rings (SSSR count). The number of benzene rings is 7. The van der Waals surface area contributed by atoms with Gasteiger partial charge in [-0.1, -0.05) is 133 Å². The highest BCUT2D eigenvalue weighted by Gasteiger charge is 2.19. The largest absolute Gasteiger partial charge is 0.454 e. The molecule has 3 heterocycles. The maximum atomic E-state index is 9.79. The molecule has 0 aliphatic rings. The predicted molar refractivity (Wildman–Crippen MR) is 203 cm³/mol. The summed E-state index contributed by atoms with van der Waals surface area (Å²) in [6.07, 6.45) is 0. The van der Waals surface area contributed by atoms with Gasteiger partial charge in [0, 0.05) is 38.2 Å². The zero-order valence-electron chi connectivity index (χ0n) is 33.3. The molecule has 0 fully saturated rings. The van der Waals surface area contributed by atoms with Gasteiger partial charge in [0.2, 0.25) is 0 Å². The van der Waals surface area contributed by atoms with Crippen LogP contribution in [0.3, 0.4) is 0 Å². The lowest BCUT2D eigenvalue weighted by molar-refractivity contribution is 0.666. The number of furan rings is 1. The Bertz CT molecular complexity index is 3260. The van der Waals surface area contributed by atoms with Gasteiger partial charge in [-0.15, -0.1) is 0 Å². The van der Waals surface area contributed by atoms with Gasteiger partial charge in [-0.2, -0.15) is 0 Å². The highest BCUT2D eigenvalue weighted by molar-refractivity contribution is 6.13. The summed E-state index contributed by atoms with van der Waals surface area (Å²) in [6.45, 7) is 0. The van der Waals surface area contributed by atoms with Gasteiger partial charge in [-0.05, 0) is 47.4 Å². The molecule has 0 atom stereocenters. The molecule has 0 saturated heterocycles. The minimum atomic E-state index is -0.483. The molecule has 0 bridgehead atoms. The fourth-order valence-electron chi connectivity index (χ4n) is 6.55. The number of hydrogen-bond donors (Lipinski definition) is 0. The lowest BCUT2D eigenvalue weighted by Gasteiger charge is -2.10. The van der Waals surface area contributed by atoms with Crippen LogP contribution >= 0.6 is 0 Å². The highest BCUT2D eigenvalue weighted by Crippen LogP contribution is 2.39. The molecule has 0 spiro atoms. The van der Waals surface area contributed by atoms with E-state index in [9.17, 15) is 4.11 Å². The lowest BCUT2D eigenvalue weighted by Crippen LogP contribution is -2.00. The van der Waals surface area contributed by atoms with Crippen molar-refractivity contribution in [3.8, 4) is 51.0 Å². The van der Waals surface area contributed by atoms with E-state index in [1.165, 1.54) is 4.57 Å². The average Bonchev–Trinajstić information content (AvgIpc) is 3.82. The van der Waals surface area contributed by atoms with E-state index >= 15 is 0 Å². The first kappa shape index (κ1) is 21.9. The maximum Gasteiger partial charge on any atom is 0.164 e. The van der Waals surface area contributed by atoms with E-state index in [2.05, 4.69) is 0 Å². The Labute approximate surface area is 297 Å². The van der Waals surface area contributed by atoms with Crippen LogP contribution in [-0.2, 0) is 0 Å². The molecule has 0 aliphatic carbocycles. The molecule has 3 aromatic heterocycles. The summed E-state index contributed by atoms with van der Waals surface area (Å²) < 4.78 is 72.4. The van der Waals surface area contributed by atoms with Gasteiger partial charge in [0.05, 0.1) is 26.3 Å². The second-order valence-electron chi connectivity index (χ2n) is 11.9. The summed E-state index contributed by atoms with van der Waals surface area (Å²) in [5.74, 6) is 0.580. The Morgan fingerprint density at radius 2 is 1.02 bits per heavy atom. The van der Waals surface area contributed by atoms with Gasteiger partial charge in [-0.3, -0.25) is 0 Å². The molecule has 234 valence electrons. The van der Waals surface area contributed by atoms with E-state index in [0.717, 1.165) is 21.9 Å². The van der Waals surface area contributed by atoms with Gasteiger partial charge < -0.3 is 8.98 Å². The smallest absolute Gasteiger partial charge is 0.164 e. The van der Waals surface area contributed by atoms with Crippen molar-refractivity contribution >= 4 is 43.7 Å². The Hall–Kier alpha value is -6.85. The van der Waals surface area contributed by atoms with E-state index in [-0.39, 0.29) is 63.4 Å². The number of nitrogens with zero attached hydrogens (tertiary/aromatic N) is 4. The van der Waals surface area contributed by atoms with Crippen LogP contribution in [0.5, 0.6) is 0 Å². The number of hydrogen-bond acceptors (Lipinski definition) is 4.